The zero-order chi connectivity index (χ0) is 12.1. The second-order valence-electron chi connectivity index (χ2n) is 3.01. The minimum absolute atomic E-state index is 0.363. The normalized spacial score (nSPS) is 11.0. The summed E-state index contributed by atoms with van der Waals surface area (Å²) in [6, 6.07) is 5.55. The molecule has 0 saturated carbocycles. The summed E-state index contributed by atoms with van der Waals surface area (Å²) in [5.41, 5.74) is 7.76. The molecule has 0 radical (unpaired) electrons. The van der Waals surface area contributed by atoms with Gasteiger partial charge in [0.1, 0.15) is 5.82 Å². The van der Waals surface area contributed by atoms with Gasteiger partial charge in [0, 0.05) is 0 Å². The lowest BCUT2D eigenvalue weighted by Crippen LogP contribution is -2.33. The first kappa shape index (κ1) is 11.8. The van der Waals surface area contributed by atoms with Crippen molar-refractivity contribution in [3.05, 3.63) is 35.6 Å². The van der Waals surface area contributed by atoms with E-state index in [4.69, 9.17) is 5.73 Å². The number of hydrazone groups is 1. The van der Waals surface area contributed by atoms with Gasteiger partial charge in [-0.25, -0.2) is 9.82 Å². The quantitative estimate of drug-likeness (QED) is 0.425. The van der Waals surface area contributed by atoms with Crippen molar-refractivity contribution in [2.24, 2.45) is 10.8 Å². The van der Waals surface area contributed by atoms with Crippen LogP contribution in [0.3, 0.4) is 0 Å². The monoisotopic (exact) mass is 223 g/mol. The Hall–Kier alpha value is -2.24. The van der Waals surface area contributed by atoms with E-state index in [1.807, 2.05) is 5.43 Å². The van der Waals surface area contributed by atoms with Gasteiger partial charge in [0.2, 0.25) is 0 Å². The molecule has 0 saturated heterocycles. The number of nitrogens with one attached hydrogen (secondary N) is 1. The molecule has 0 heterocycles. The average molecular weight is 223 g/mol. The zero-order valence-electron chi connectivity index (χ0n) is 8.53. The highest BCUT2D eigenvalue weighted by Gasteiger charge is 2.06. The number of halogens is 1. The van der Waals surface area contributed by atoms with Gasteiger partial charge in [-0.1, -0.05) is 12.1 Å². The van der Waals surface area contributed by atoms with Gasteiger partial charge >= 0.3 is 11.8 Å². The lowest BCUT2D eigenvalue weighted by atomic mass is 10.1. The third-order valence-corrected chi connectivity index (χ3v) is 1.81. The van der Waals surface area contributed by atoms with Crippen LogP contribution in [0.2, 0.25) is 0 Å². The van der Waals surface area contributed by atoms with Crippen LogP contribution in [0.4, 0.5) is 4.39 Å². The van der Waals surface area contributed by atoms with Crippen LogP contribution in [-0.2, 0) is 9.59 Å². The van der Waals surface area contributed by atoms with Gasteiger partial charge in [-0.2, -0.15) is 5.10 Å². The Kier molecular flexibility index (Phi) is 3.71. The van der Waals surface area contributed by atoms with Crippen LogP contribution in [-0.4, -0.2) is 17.5 Å². The molecule has 0 aliphatic heterocycles. The molecule has 0 aromatic heterocycles. The van der Waals surface area contributed by atoms with Crippen LogP contribution in [0.15, 0.2) is 29.4 Å². The topological polar surface area (TPSA) is 84.6 Å². The second kappa shape index (κ2) is 5.01. The number of carbonyl (C=O) groups is 2. The fraction of sp³-hybridized carbons (Fsp3) is 0.100. The lowest BCUT2D eigenvalue weighted by molar-refractivity contribution is -0.137. The maximum absolute atomic E-state index is 12.6. The van der Waals surface area contributed by atoms with E-state index in [2.05, 4.69) is 5.10 Å². The van der Waals surface area contributed by atoms with E-state index in [0.717, 1.165) is 0 Å². The Bertz CT molecular complexity index is 440. The van der Waals surface area contributed by atoms with Crippen molar-refractivity contribution in [2.75, 3.05) is 0 Å². The van der Waals surface area contributed by atoms with E-state index in [1.54, 1.807) is 6.92 Å². The van der Waals surface area contributed by atoms with Gasteiger partial charge in [-0.3, -0.25) is 9.59 Å². The van der Waals surface area contributed by atoms with Crippen LogP contribution < -0.4 is 11.2 Å². The highest BCUT2D eigenvalue weighted by molar-refractivity contribution is 6.34. The molecule has 0 unspecified atom stereocenters. The summed E-state index contributed by atoms with van der Waals surface area (Å²) in [4.78, 5) is 21.2. The molecule has 0 bridgehead atoms. The van der Waals surface area contributed by atoms with Gasteiger partial charge in [0.15, 0.2) is 0 Å². The van der Waals surface area contributed by atoms with Crippen LogP contribution >= 0.6 is 0 Å². The van der Waals surface area contributed by atoms with E-state index in [1.165, 1.54) is 24.3 Å². The number of primary amides is 1. The van der Waals surface area contributed by atoms with Gasteiger partial charge in [0.25, 0.3) is 0 Å². The van der Waals surface area contributed by atoms with Crippen molar-refractivity contribution >= 4 is 17.5 Å². The molecular weight excluding hydrogens is 213 g/mol. The molecule has 2 amide bonds. The molecule has 0 spiro atoms. The third-order valence-electron chi connectivity index (χ3n) is 1.81. The van der Waals surface area contributed by atoms with E-state index >= 15 is 0 Å². The summed E-state index contributed by atoms with van der Waals surface area (Å²) in [7, 11) is 0. The number of rotatable bonds is 2. The summed E-state index contributed by atoms with van der Waals surface area (Å²) >= 11 is 0. The van der Waals surface area contributed by atoms with Crippen LogP contribution in [0.5, 0.6) is 0 Å². The average Bonchev–Trinajstić information content (AvgIpc) is 2.26. The molecule has 84 valence electrons. The van der Waals surface area contributed by atoms with Gasteiger partial charge in [-0.05, 0) is 24.6 Å². The molecular formula is C10H10FN3O2. The lowest BCUT2D eigenvalue weighted by Gasteiger charge is -2.00. The van der Waals surface area contributed by atoms with E-state index in [9.17, 15) is 14.0 Å². The molecule has 1 aromatic carbocycles. The van der Waals surface area contributed by atoms with Crippen molar-refractivity contribution < 1.29 is 14.0 Å². The van der Waals surface area contributed by atoms with Gasteiger partial charge in [-0.15, -0.1) is 0 Å². The van der Waals surface area contributed by atoms with Gasteiger partial charge < -0.3 is 5.73 Å². The molecule has 5 nitrogen and oxygen atoms in total. The Morgan fingerprint density at radius 1 is 1.31 bits per heavy atom. The van der Waals surface area contributed by atoms with Crippen LogP contribution in [0.25, 0.3) is 0 Å². The van der Waals surface area contributed by atoms with Crippen molar-refractivity contribution in [1.82, 2.24) is 5.43 Å². The number of benzene rings is 1. The number of carbonyl (C=O) groups excluding carboxylic acids is 2. The molecule has 16 heavy (non-hydrogen) atoms. The molecule has 0 aliphatic rings. The first-order valence-corrected chi connectivity index (χ1v) is 4.40. The molecule has 1 aromatic rings. The molecule has 3 N–H and O–H groups in total. The Labute approximate surface area is 91.1 Å². The Morgan fingerprint density at radius 3 is 2.38 bits per heavy atom. The predicted octanol–water partition coefficient (Wildman–Crippen LogP) is 0.151. The number of hydrogen-bond acceptors (Lipinski definition) is 3. The number of amides is 2. The predicted molar refractivity (Wildman–Crippen MR) is 55.9 cm³/mol. The standard InChI is InChI=1S/C10H10FN3O2/c1-6(13-14-10(16)9(12)15)7-2-4-8(11)5-3-7/h2-5H,1H3,(H2,12,15)(H,14,16)/b13-6-. The minimum atomic E-state index is -1.12. The zero-order valence-corrected chi connectivity index (χ0v) is 8.53. The largest absolute Gasteiger partial charge is 0.361 e. The fourth-order valence-electron chi connectivity index (χ4n) is 0.945. The first-order valence-electron chi connectivity index (χ1n) is 4.40. The maximum Gasteiger partial charge on any atom is 0.329 e. The summed E-state index contributed by atoms with van der Waals surface area (Å²) in [6.45, 7) is 1.61. The van der Waals surface area contributed by atoms with E-state index in [0.29, 0.717) is 11.3 Å². The SMILES string of the molecule is C/C(=N/NC(=O)C(N)=O)c1ccc(F)cc1. The fourth-order valence-corrected chi connectivity index (χ4v) is 0.945. The van der Waals surface area contributed by atoms with E-state index < -0.39 is 11.8 Å². The summed E-state index contributed by atoms with van der Waals surface area (Å²) in [5, 5.41) is 3.64. The Balaban J connectivity index is 2.74. The van der Waals surface area contributed by atoms with Gasteiger partial charge in [0.05, 0.1) is 5.71 Å². The second-order valence-corrected chi connectivity index (χ2v) is 3.01. The number of hydrogen-bond donors (Lipinski definition) is 2. The summed E-state index contributed by atoms with van der Waals surface area (Å²) < 4.78 is 12.6. The highest BCUT2D eigenvalue weighted by Crippen LogP contribution is 2.03. The van der Waals surface area contributed by atoms with Crippen LogP contribution in [0, 0.1) is 5.82 Å². The minimum Gasteiger partial charge on any atom is -0.361 e. The van der Waals surface area contributed by atoms with Crippen LogP contribution in [0.1, 0.15) is 12.5 Å². The van der Waals surface area contributed by atoms with Crippen molar-refractivity contribution in [1.29, 1.82) is 0 Å². The highest BCUT2D eigenvalue weighted by atomic mass is 19.1. The smallest absolute Gasteiger partial charge is 0.329 e. The summed E-state index contributed by atoms with van der Waals surface area (Å²) in [5.74, 6) is -2.48. The first-order chi connectivity index (χ1) is 7.50. The summed E-state index contributed by atoms with van der Waals surface area (Å²) in [6.07, 6.45) is 0. The van der Waals surface area contributed by atoms with E-state index in [-0.39, 0.29) is 5.82 Å². The molecule has 0 fully saturated rings. The molecule has 6 heteroatoms. The van der Waals surface area contributed by atoms with Crippen molar-refractivity contribution in [3.63, 3.8) is 0 Å². The van der Waals surface area contributed by atoms with Crippen molar-refractivity contribution in [3.8, 4) is 0 Å². The molecule has 0 atom stereocenters. The number of nitrogens with zero attached hydrogens (tertiary/aromatic N) is 1. The maximum atomic E-state index is 12.6. The third kappa shape index (κ3) is 3.16. The molecule has 0 aliphatic carbocycles. The number of nitrogens with two attached hydrogens (primary N) is 1. The van der Waals surface area contributed by atoms with Crippen molar-refractivity contribution in [2.45, 2.75) is 6.92 Å². The Morgan fingerprint density at radius 2 is 1.88 bits per heavy atom. The molecule has 1 rings (SSSR count).